The summed E-state index contributed by atoms with van der Waals surface area (Å²) < 4.78 is 45.8. The van der Waals surface area contributed by atoms with Crippen molar-refractivity contribution in [2.24, 2.45) is 0 Å². The first-order valence-corrected chi connectivity index (χ1v) is 7.47. The average Bonchev–Trinajstić information content (AvgIpc) is 2.43. The number of carbonyl (C=O) groups excluding carboxylic acids is 2. The SMILES string of the molecule is CC(C)(C)OC(=O)N[C@H]1CNC(=O)CC1c1cc(F)c(F)cc1F. The number of alkyl carbamates (subject to hydrolysis) is 1. The summed E-state index contributed by atoms with van der Waals surface area (Å²) in [6.07, 6.45) is -0.903. The first-order valence-electron chi connectivity index (χ1n) is 7.47. The van der Waals surface area contributed by atoms with Gasteiger partial charge in [-0.15, -0.1) is 0 Å². The van der Waals surface area contributed by atoms with Crippen LogP contribution in [0.15, 0.2) is 12.1 Å². The van der Waals surface area contributed by atoms with Gasteiger partial charge in [-0.05, 0) is 32.4 Å². The smallest absolute Gasteiger partial charge is 0.407 e. The number of benzene rings is 1. The van der Waals surface area contributed by atoms with E-state index in [9.17, 15) is 22.8 Å². The molecule has 1 aromatic rings. The Bertz CT molecular complexity index is 659. The predicted octanol–water partition coefficient (Wildman–Crippen LogP) is 2.60. The Labute approximate surface area is 137 Å². The summed E-state index contributed by atoms with van der Waals surface area (Å²) in [7, 11) is 0. The number of rotatable bonds is 2. The number of nitrogens with one attached hydrogen (secondary N) is 2. The summed E-state index contributed by atoms with van der Waals surface area (Å²) in [4.78, 5) is 23.5. The van der Waals surface area contributed by atoms with Crippen LogP contribution in [0.4, 0.5) is 18.0 Å². The van der Waals surface area contributed by atoms with Crippen molar-refractivity contribution in [2.45, 2.75) is 44.8 Å². The maximum Gasteiger partial charge on any atom is 0.407 e. The molecule has 0 bridgehead atoms. The predicted molar refractivity (Wildman–Crippen MR) is 79.8 cm³/mol. The van der Waals surface area contributed by atoms with Gasteiger partial charge in [-0.3, -0.25) is 4.79 Å². The van der Waals surface area contributed by atoms with Crippen LogP contribution >= 0.6 is 0 Å². The van der Waals surface area contributed by atoms with E-state index in [0.29, 0.717) is 6.07 Å². The molecule has 0 spiro atoms. The second kappa shape index (κ2) is 6.70. The number of ether oxygens (including phenoxy) is 1. The lowest BCUT2D eigenvalue weighted by molar-refractivity contribution is -0.123. The molecule has 1 saturated heterocycles. The van der Waals surface area contributed by atoms with Crippen LogP contribution in [0.3, 0.4) is 0 Å². The van der Waals surface area contributed by atoms with Crippen LogP contribution in [-0.4, -0.2) is 30.2 Å². The maximum absolute atomic E-state index is 14.0. The van der Waals surface area contributed by atoms with Gasteiger partial charge in [-0.1, -0.05) is 0 Å². The molecule has 8 heteroatoms. The quantitative estimate of drug-likeness (QED) is 0.811. The molecule has 0 aliphatic carbocycles. The fourth-order valence-electron chi connectivity index (χ4n) is 2.54. The van der Waals surface area contributed by atoms with E-state index in [0.717, 1.165) is 6.07 Å². The first-order chi connectivity index (χ1) is 11.1. The highest BCUT2D eigenvalue weighted by atomic mass is 19.2. The van der Waals surface area contributed by atoms with E-state index in [1.165, 1.54) is 0 Å². The summed E-state index contributed by atoms with van der Waals surface area (Å²) in [6.45, 7) is 5.08. The van der Waals surface area contributed by atoms with E-state index in [1.54, 1.807) is 20.8 Å². The number of hydrogen-bond donors (Lipinski definition) is 2. The fraction of sp³-hybridized carbons (Fsp3) is 0.500. The van der Waals surface area contributed by atoms with Crippen LogP contribution in [0.25, 0.3) is 0 Å². The van der Waals surface area contributed by atoms with Gasteiger partial charge in [0.1, 0.15) is 11.4 Å². The third kappa shape index (κ3) is 4.39. The van der Waals surface area contributed by atoms with Gasteiger partial charge in [-0.25, -0.2) is 18.0 Å². The minimum atomic E-state index is -1.31. The Morgan fingerprint density at radius 1 is 1.21 bits per heavy atom. The van der Waals surface area contributed by atoms with Crippen molar-refractivity contribution in [3.8, 4) is 0 Å². The molecule has 1 heterocycles. The topological polar surface area (TPSA) is 67.4 Å². The molecule has 5 nitrogen and oxygen atoms in total. The molecule has 2 rings (SSSR count). The normalized spacial score (nSPS) is 21.2. The minimum Gasteiger partial charge on any atom is -0.444 e. The molecule has 2 amide bonds. The minimum absolute atomic E-state index is 0.0289. The van der Waals surface area contributed by atoms with E-state index in [1.807, 2.05) is 0 Å². The fourth-order valence-corrected chi connectivity index (χ4v) is 2.54. The largest absolute Gasteiger partial charge is 0.444 e. The first kappa shape index (κ1) is 18.1. The third-order valence-corrected chi connectivity index (χ3v) is 3.55. The van der Waals surface area contributed by atoms with Gasteiger partial charge in [0.25, 0.3) is 0 Å². The highest BCUT2D eigenvalue weighted by Gasteiger charge is 2.34. The summed E-state index contributed by atoms with van der Waals surface area (Å²) in [6, 6.07) is 0.441. The second-order valence-electron chi connectivity index (χ2n) is 6.66. The highest BCUT2D eigenvalue weighted by Crippen LogP contribution is 2.30. The van der Waals surface area contributed by atoms with Crippen LogP contribution < -0.4 is 10.6 Å². The van der Waals surface area contributed by atoms with Crippen LogP contribution in [-0.2, 0) is 9.53 Å². The van der Waals surface area contributed by atoms with E-state index in [-0.39, 0.29) is 24.4 Å². The molecule has 0 saturated carbocycles. The standard InChI is InChI=1S/C16H19F3N2O3/c1-16(2,3)24-15(23)21-13-7-20-14(22)5-9(13)8-4-11(18)12(19)6-10(8)17/h4,6,9,13H,5,7H2,1-3H3,(H,20,22)(H,21,23)/t9?,13-/m0/s1. The zero-order chi connectivity index (χ0) is 18.1. The molecular formula is C16H19F3N2O3. The van der Waals surface area contributed by atoms with Crippen molar-refractivity contribution in [1.29, 1.82) is 0 Å². The summed E-state index contributed by atoms with van der Waals surface area (Å²) in [5.41, 5.74) is -0.894. The van der Waals surface area contributed by atoms with Gasteiger partial charge in [-0.2, -0.15) is 0 Å². The Morgan fingerprint density at radius 2 is 1.83 bits per heavy atom. The molecule has 132 valence electrons. The van der Waals surface area contributed by atoms with E-state index >= 15 is 0 Å². The van der Waals surface area contributed by atoms with Crippen molar-refractivity contribution in [3.63, 3.8) is 0 Å². The molecule has 1 aliphatic heterocycles. The van der Waals surface area contributed by atoms with Crippen LogP contribution in [0.1, 0.15) is 38.7 Å². The zero-order valence-corrected chi connectivity index (χ0v) is 13.6. The molecule has 1 unspecified atom stereocenters. The van der Waals surface area contributed by atoms with Crippen molar-refractivity contribution >= 4 is 12.0 Å². The van der Waals surface area contributed by atoms with Gasteiger partial charge >= 0.3 is 6.09 Å². The van der Waals surface area contributed by atoms with Gasteiger partial charge in [0, 0.05) is 24.9 Å². The van der Waals surface area contributed by atoms with Gasteiger partial charge in [0.2, 0.25) is 5.91 Å². The van der Waals surface area contributed by atoms with Crippen molar-refractivity contribution in [1.82, 2.24) is 10.6 Å². The molecule has 2 N–H and O–H groups in total. The maximum atomic E-state index is 14.0. The molecule has 2 atom stereocenters. The van der Waals surface area contributed by atoms with Crippen LogP contribution in [0.5, 0.6) is 0 Å². The van der Waals surface area contributed by atoms with Gasteiger partial charge < -0.3 is 15.4 Å². The number of piperidine rings is 1. The van der Waals surface area contributed by atoms with E-state index in [4.69, 9.17) is 4.74 Å². The molecule has 0 radical (unpaired) electrons. The lowest BCUT2D eigenvalue weighted by atomic mass is 9.85. The molecule has 1 aliphatic rings. The summed E-state index contributed by atoms with van der Waals surface area (Å²) in [5.74, 6) is -4.70. The van der Waals surface area contributed by atoms with Crippen molar-refractivity contribution < 1.29 is 27.5 Å². The lowest BCUT2D eigenvalue weighted by Gasteiger charge is -2.33. The number of carbonyl (C=O) groups is 2. The molecule has 1 fully saturated rings. The Balaban J connectivity index is 2.25. The molecular weight excluding hydrogens is 325 g/mol. The average molecular weight is 344 g/mol. The molecule has 0 aromatic heterocycles. The Kier molecular flexibility index (Phi) is 5.05. The zero-order valence-electron chi connectivity index (χ0n) is 13.6. The Hall–Kier alpha value is -2.25. The highest BCUT2D eigenvalue weighted by molar-refractivity contribution is 5.79. The van der Waals surface area contributed by atoms with Crippen molar-refractivity contribution in [3.05, 3.63) is 35.1 Å². The number of halogens is 3. The Morgan fingerprint density at radius 3 is 2.46 bits per heavy atom. The lowest BCUT2D eigenvalue weighted by Crippen LogP contribution is -2.53. The van der Waals surface area contributed by atoms with Crippen molar-refractivity contribution in [2.75, 3.05) is 6.54 Å². The van der Waals surface area contributed by atoms with Gasteiger partial charge in [0.15, 0.2) is 11.6 Å². The number of amides is 2. The second-order valence-corrected chi connectivity index (χ2v) is 6.66. The van der Waals surface area contributed by atoms with E-state index in [2.05, 4.69) is 10.6 Å². The summed E-state index contributed by atoms with van der Waals surface area (Å²) >= 11 is 0. The monoisotopic (exact) mass is 344 g/mol. The van der Waals surface area contributed by atoms with Gasteiger partial charge in [0.05, 0.1) is 6.04 Å². The number of hydrogen-bond acceptors (Lipinski definition) is 3. The third-order valence-electron chi connectivity index (χ3n) is 3.55. The molecule has 1 aromatic carbocycles. The van der Waals surface area contributed by atoms with Crippen LogP contribution in [0, 0.1) is 17.5 Å². The van der Waals surface area contributed by atoms with E-state index < -0.39 is 41.1 Å². The summed E-state index contributed by atoms with van der Waals surface area (Å²) in [5, 5.41) is 5.09. The molecule has 24 heavy (non-hydrogen) atoms. The van der Waals surface area contributed by atoms with Crippen LogP contribution in [0.2, 0.25) is 0 Å².